The maximum absolute atomic E-state index is 9.04. The molecule has 0 unspecified atom stereocenters. The highest BCUT2D eigenvalue weighted by Crippen LogP contribution is 2.13. The molecule has 0 aliphatic rings. The molecule has 1 rings (SSSR count). The molecule has 0 radical (unpaired) electrons. The summed E-state index contributed by atoms with van der Waals surface area (Å²) in [4.78, 5) is 0. The maximum Gasteiger partial charge on any atom is 0.0687 e. The van der Waals surface area contributed by atoms with Crippen molar-refractivity contribution >= 4 is 6.08 Å². The lowest BCUT2D eigenvalue weighted by molar-refractivity contribution is 0.281. The molecule has 0 atom stereocenters. The molecule has 12 heavy (non-hydrogen) atoms. The van der Waals surface area contributed by atoms with Gasteiger partial charge in [-0.25, -0.2) is 0 Å². The van der Waals surface area contributed by atoms with Crippen molar-refractivity contribution in [3.8, 4) is 0 Å². The van der Waals surface area contributed by atoms with Crippen LogP contribution in [0.3, 0.4) is 0 Å². The lowest BCUT2D eigenvalue weighted by atomic mass is 10.0. The summed E-state index contributed by atoms with van der Waals surface area (Å²) in [5, 5.41) is 9.04. The van der Waals surface area contributed by atoms with E-state index >= 15 is 0 Å². The van der Waals surface area contributed by atoms with Gasteiger partial charge in [0, 0.05) is 0 Å². The van der Waals surface area contributed by atoms with E-state index in [0.717, 1.165) is 11.1 Å². The van der Waals surface area contributed by atoms with Crippen molar-refractivity contribution in [2.24, 2.45) is 0 Å². The van der Waals surface area contributed by atoms with Crippen molar-refractivity contribution in [1.82, 2.24) is 0 Å². The van der Waals surface area contributed by atoms with Gasteiger partial charge in [-0.05, 0) is 25.0 Å². The normalized spacial score (nSPS) is 10.9. The molecule has 1 nitrogen and oxygen atoms in total. The lowest BCUT2D eigenvalue weighted by Gasteiger charge is -2.03. The van der Waals surface area contributed by atoms with Gasteiger partial charge in [0.05, 0.1) is 6.61 Å². The molecule has 0 aromatic heterocycles. The third kappa shape index (κ3) is 1.95. The standard InChI is InChI=1S/C11H14O/c1-3-4-10-6-5-9(2)7-11(10)8-12/h3-7,12H,8H2,1-2H3/b4-3-. The van der Waals surface area contributed by atoms with Crippen molar-refractivity contribution in [3.63, 3.8) is 0 Å². The van der Waals surface area contributed by atoms with Crippen molar-refractivity contribution in [3.05, 3.63) is 41.0 Å². The van der Waals surface area contributed by atoms with E-state index in [-0.39, 0.29) is 6.61 Å². The van der Waals surface area contributed by atoms with Gasteiger partial charge < -0.3 is 5.11 Å². The van der Waals surface area contributed by atoms with Gasteiger partial charge in [-0.15, -0.1) is 0 Å². The third-order valence-electron chi connectivity index (χ3n) is 1.82. The number of hydrogen-bond donors (Lipinski definition) is 1. The third-order valence-corrected chi connectivity index (χ3v) is 1.82. The Morgan fingerprint density at radius 3 is 2.75 bits per heavy atom. The highest BCUT2D eigenvalue weighted by atomic mass is 16.3. The van der Waals surface area contributed by atoms with Crippen LogP contribution in [0.1, 0.15) is 23.6 Å². The topological polar surface area (TPSA) is 20.2 Å². The Morgan fingerprint density at radius 1 is 1.42 bits per heavy atom. The molecule has 1 N–H and O–H groups in total. The zero-order chi connectivity index (χ0) is 8.97. The summed E-state index contributed by atoms with van der Waals surface area (Å²) >= 11 is 0. The van der Waals surface area contributed by atoms with E-state index < -0.39 is 0 Å². The van der Waals surface area contributed by atoms with Crippen LogP contribution in [0.25, 0.3) is 6.08 Å². The van der Waals surface area contributed by atoms with Crippen LogP contribution in [-0.2, 0) is 6.61 Å². The summed E-state index contributed by atoms with van der Waals surface area (Å²) < 4.78 is 0. The van der Waals surface area contributed by atoms with Crippen LogP contribution >= 0.6 is 0 Å². The minimum atomic E-state index is 0.112. The largest absolute Gasteiger partial charge is 0.392 e. The molecule has 1 aromatic carbocycles. The van der Waals surface area contributed by atoms with Crippen molar-refractivity contribution in [2.45, 2.75) is 20.5 Å². The highest BCUT2D eigenvalue weighted by Gasteiger charge is 1.96. The number of aryl methyl sites for hydroxylation is 1. The van der Waals surface area contributed by atoms with Crippen LogP contribution < -0.4 is 0 Å². The van der Waals surface area contributed by atoms with E-state index in [4.69, 9.17) is 5.11 Å². The molecule has 0 aliphatic heterocycles. The Morgan fingerprint density at radius 2 is 2.17 bits per heavy atom. The van der Waals surface area contributed by atoms with Gasteiger partial charge in [0.2, 0.25) is 0 Å². The quantitative estimate of drug-likeness (QED) is 0.708. The zero-order valence-electron chi connectivity index (χ0n) is 7.54. The van der Waals surface area contributed by atoms with E-state index in [1.54, 1.807) is 0 Å². The van der Waals surface area contributed by atoms with Gasteiger partial charge in [-0.2, -0.15) is 0 Å². The molecule has 0 aliphatic carbocycles. The summed E-state index contributed by atoms with van der Waals surface area (Å²) in [7, 11) is 0. The molecule has 0 saturated carbocycles. The van der Waals surface area contributed by atoms with Crippen LogP contribution in [0.4, 0.5) is 0 Å². The average molecular weight is 162 g/mol. The zero-order valence-corrected chi connectivity index (χ0v) is 7.54. The van der Waals surface area contributed by atoms with Crippen LogP contribution in [0.5, 0.6) is 0 Å². The number of benzene rings is 1. The first-order chi connectivity index (χ1) is 5.77. The van der Waals surface area contributed by atoms with Crippen molar-refractivity contribution < 1.29 is 5.11 Å². The Labute approximate surface area is 73.4 Å². The van der Waals surface area contributed by atoms with Gasteiger partial charge in [-0.1, -0.05) is 35.9 Å². The first kappa shape index (κ1) is 9.01. The monoisotopic (exact) mass is 162 g/mol. The minimum absolute atomic E-state index is 0.112. The molecule has 64 valence electrons. The second-order valence-corrected chi connectivity index (χ2v) is 2.86. The Bertz CT molecular complexity index is 287. The molecule has 1 heteroatoms. The fourth-order valence-corrected chi connectivity index (χ4v) is 1.21. The van der Waals surface area contributed by atoms with E-state index in [0.29, 0.717) is 0 Å². The number of allylic oxidation sites excluding steroid dienone is 1. The summed E-state index contributed by atoms with van der Waals surface area (Å²) in [5.41, 5.74) is 3.28. The van der Waals surface area contributed by atoms with Crippen LogP contribution in [-0.4, -0.2) is 5.11 Å². The molecule has 0 amide bonds. The fraction of sp³-hybridized carbons (Fsp3) is 0.273. The summed E-state index contributed by atoms with van der Waals surface area (Å²) in [5.74, 6) is 0. The van der Waals surface area contributed by atoms with Crippen LogP contribution in [0.2, 0.25) is 0 Å². The van der Waals surface area contributed by atoms with E-state index in [1.807, 2.05) is 38.1 Å². The highest BCUT2D eigenvalue weighted by molar-refractivity contribution is 5.54. The molecular weight excluding hydrogens is 148 g/mol. The van der Waals surface area contributed by atoms with Crippen LogP contribution in [0.15, 0.2) is 24.3 Å². The fourth-order valence-electron chi connectivity index (χ4n) is 1.21. The van der Waals surface area contributed by atoms with Gasteiger partial charge in [0.25, 0.3) is 0 Å². The van der Waals surface area contributed by atoms with Gasteiger partial charge in [-0.3, -0.25) is 0 Å². The number of hydrogen-bond acceptors (Lipinski definition) is 1. The molecule has 0 bridgehead atoms. The molecule has 0 saturated heterocycles. The summed E-state index contributed by atoms with van der Waals surface area (Å²) in [6, 6.07) is 6.09. The van der Waals surface area contributed by atoms with Gasteiger partial charge >= 0.3 is 0 Å². The predicted octanol–water partition coefficient (Wildman–Crippen LogP) is 2.52. The van der Waals surface area contributed by atoms with Gasteiger partial charge in [0.15, 0.2) is 0 Å². The first-order valence-corrected chi connectivity index (χ1v) is 4.11. The average Bonchev–Trinajstić information content (AvgIpc) is 2.08. The lowest BCUT2D eigenvalue weighted by Crippen LogP contribution is -1.88. The first-order valence-electron chi connectivity index (χ1n) is 4.11. The van der Waals surface area contributed by atoms with E-state index in [9.17, 15) is 0 Å². The van der Waals surface area contributed by atoms with E-state index in [2.05, 4.69) is 6.07 Å². The van der Waals surface area contributed by atoms with E-state index in [1.165, 1.54) is 5.56 Å². The Balaban J connectivity index is 3.10. The predicted molar refractivity (Wildman–Crippen MR) is 51.8 cm³/mol. The smallest absolute Gasteiger partial charge is 0.0687 e. The summed E-state index contributed by atoms with van der Waals surface area (Å²) in [6.07, 6.45) is 3.98. The SMILES string of the molecule is C/C=C\c1ccc(C)cc1CO. The van der Waals surface area contributed by atoms with Crippen molar-refractivity contribution in [1.29, 1.82) is 0 Å². The molecule has 0 spiro atoms. The summed E-state index contributed by atoms with van der Waals surface area (Å²) in [6.45, 7) is 4.11. The molecule has 1 aromatic rings. The van der Waals surface area contributed by atoms with Crippen molar-refractivity contribution in [2.75, 3.05) is 0 Å². The number of aliphatic hydroxyl groups is 1. The number of rotatable bonds is 2. The minimum Gasteiger partial charge on any atom is -0.392 e. The second kappa shape index (κ2) is 4.07. The van der Waals surface area contributed by atoms with Crippen LogP contribution in [0, 0.1) is 6.92 Å². The molecule has 0 fully saturated rings. The molecular formula is C11H14O. The molecule has 0 heterocycles. The second-order valence-electron chi connectivity index (χ2n) is 2.86. The van der Waals surface area contributed by atoms with Gasteiger partial charge in [0.1, 0.15) is 0 Å². The Kier molecular flexibility index (Phi) is 3.06. The Hall–Kier alpha value is -1.08. The number of aliphatic hydroxyl groups excluding tert-OH is 1. The maximum atomic E-state index is 9.04.